The minimum atomic E-state index is -0.640. The van der Waals surface area contributed by atoms with E-state index < -0.39 is 5.97 Å². The molecule has 5 rings (SSSR count). The van der Waals surface area contributed by atoms with E-state index >= 15 is 0 Å². The minimum absolute atomic E-state index is 0.171. The molecule has 0 N–H and O–H groups in total. The predicted molar refractivity (Wildman–Crippen MR) is 130 cm³/mol. The average Bonchev–Trinajstić information content (AvgIpc) is 3.17. The van der Waals surface area contributed by atoms with E-state index in [2.05, 4.69) is 12.1 Å². The van der Waals surface area contributed by atoms with Gasteiger partial charge in [0.2, 0.25) is 11.8 Å². The smallest absolute Gasteiger partial charge is 0.338 e. The van der Waals surface area contributed by atoms with Crippen LogP contribution in [0.2, 0.25) is 0 Å². The molecule has 0 spiro atoms. The van der Waals surface area contributed by atoms with Gasteiger partial charge in [0.15, 0.2) is 12.4 Å². The molecule has 1 saturated carbocycles. The van der Waals surface area contributed by atoms with Gasteiger partial charge < -0.3 is 4.74 Å². The number of fused-ring (bicyclic) bond motifs is 1. The van der Waals surface area contributed by atoms with E-state index in [1.165, 1.54) is 22.6 Å². The lowest BCUT2D eigenvalue weighted by Gasteiger charge is -2.28. The van der Waals surface area contributed by atoms with Crippen molar-refractivity contribution in [2.45, 2.75) is 25.2 Å². The number of benzene rings is 3. The molecule has 2 amide bonds. The second kappa shape index (κ2) is 9.66. The van der Waals surface area contributed by atoms with Gasteiger partial charge in [0.05, 0.1) is 23.1 Å². The Labute approximate surface area is 203 Å². The van der Waals surface area contributed by atoms with E-state index in [0.717, 1.165) is 6.42 Å². The Kier molecular flexibility index (Phi) is 6.27. The summed E-state index contributed by atoms with van der Waals surface area (Å²) >= 11 is 0. The van der Waals surface area contributed by atoms with E-state index in [9.17, 15) is 19.2 Å². The molecule has 2 aliphatic rings. The number of rotatable bonds is 6. The second-order valence-corrected chi connectivity index (χ2v) is 9.06. The van der Waals surface area contributed by atoms with Crippen LogP contribution in [0.3, 0.4) is 0 Å². The molecule has 0 bridgehead atoms. The Balaban J connectivity index is 1.24. The van der Waals surface area contributed by atoms with Crippen molar-refractivity contribution in [2.75, 3.05) is 11.5 Å². The number of ether oxygens (including phenoxy) is 1. The zero-order chi connectivity index (χ0) is 24.4. The fraction of sp³-hybridized carbons (Fsp3) is 0.241. The standard InChI is InChI=1S/C29H25NO5/c31-26(20-9-5-2-6-10-20)18-35-29(34)21-11-14-23(15-12-21)30-27(32)24-16-13-22(17-25(24)28(30)33)19-7-3-1-4-8-19/h1-12,14-15,22,24-25H,13,16-18H2/t22-,24+,25-/m1/s1. The minimum Gasteiger partial charge on any atom is -0.454 e. The van der Waals surface area contributed by atoms with Crippen LogP contribution in [0.25, 0.3) is 0 Å². The summed E-state index contributed by atoms with van der Waals surface area (Å²) in [6.07, 6.45) is 2.23. The fourth-order valence-electron chi connectivity index (χ4n) is 5.13. The van der Waals surface area contributed by atoms with Crippen LogP contribution in [-0.2, 0) is 14.3 Å². The van der Waals surface area contributed by atoms with Gasteiger partial charge in [-0.3, -0.25) is 19.3 Å². The van der Waals surface area contributed by atoms with Crippen LogP contribution in [-0.4, -0.2) is 30.2 Å². The van der Waals surface area contributed by atoms with Gasteiger partial charge in [0, 0.05) is 5.56 Å². The van der Waals surface area contributed by atoms with Crippen molar-refractivity contribution in [3.05, 3.63) is 102 Å². The SMILES string of the molecule is O=C(COC(=O)c1ccc(N2C(=O)[C@H]3CC[C@@H](c4ccccc4)C[C@H]3C2=O)cc1)c1ccccc1. The molecule has 6 heteroatoms. The molecule has 0 unspecified atom stereocenters. The first-order valence-corrected chi connectivity index (χ1v) is 11.8. The lowest BCUT2D eigenvalue weighted by molar-refractivity contribution is -0.122. The van der Waals surface area contributed by atoms with E-state index in [0.29, 0.717) is 24.1 Å². The number of imide groups is 1. The van der Waals surface area contributed by atoms with Crippen molar-refractivity contribution in [1.29, 1.82) is 0 Å². The molecule has 1 saturated heterocycles. The van der Waals surface area contributed by atoms with Crippen LogP contribution in [0, 0.1) is 11.8 Å². The summed E-state index contributed by atoms with van der Waals surface area (Å²) in [5.41, 5.74) is 2.37. The van der Waals surface area contributed by atoms with Gasteiger partial charge in [-0.05, 0) is 55.0 Å². The van der Waals surface area contributed by atoms with Crippen molar-refractivity contribution in [1.82, 2.24) is 0 Å². The number of anilines is 1. The quantitative estimate of drug-likeness (QED) is 0.296. The summed E-state index contributed by atoms with van der Waals surface area (Å²) in [5, 5.41) is 0. The second-order valence-electron chi connectivity index (χ2n) is 9.06. The molecule has 1 aliphatic heterocycles. The number of nitrogens with zero attached hydrogens (tertiary/aromatic N) is 1. The van der Waals surface area contributed by atoms with Crippen LogP contribution < -0.4 is 4.90 Å². The normalized spacial score (nSPS) is 21.5. The molecule has 1 heterocycles. The molecule has 0 radical (unpaired) electrons. The third kappa shape index (κ3) is 4.52. The van der Waals surface area contributed by atoms with E-state index in [1.807, 2.05) is 18.2 Å². The summed E-state index contributed by atoms with van der Waals surface area (Å²) < 4.78 is 5.15. The largest absolute Gasteiger partial charge is 0.454 e. The van der Waals surface area contributed by atoms with Gasteiger partial charge in [-0.15, -0.1) is 0 Å². The number of hydrogen-bond acceptors (Lipinski definition) is 5. The molecular formula is C29H25NO5. The average molecular weight is 468 g/mol. The highest BCUT2D eigenvalue weighted by Crippen LogP contribution is 2.45. The molecule has 0 aromatic heterocycles. The first-order valence-electron chi connectivity index (χ1n) is 11.8. The number of carbonyl (C=O) groups is 4. The van der Waals surface area contributed by atoms with Crippen LogP contribution in [0.5, 0.6) is 0 Å². The Bertz CT molecular complexity index is 1250. The van der Waals surface area contributed by atoms with Crippen LogP contribution in [0.15, 0.2) is 84.9 Å². The van der Waals surface area contributed by atoms with Gasteiger partial charge in [-0.2, -0.15) is 0 Å². The lowest BCUT2D eigenvalue weighted by atomic mass is 9.73. The number of Topliss-reactive ketones (excluding diaryl/α,β-unsaturated/α-hetero) is 1. The molecule has 176 valence electrons. The number of esters is 1. The molecule has 3 aromatic carbocycles. The highest BCUT2D eigenvalue weighted by atomic mass is 16.5. The maximum Gasteiger partial charge on any atom is 0.338 e. The van der Waals surface area contributed by atoms with Gasteiger partial charge in [0.1, 0.15) is 0 Å². The Hall–Kier alpha value is -4.06. The summed E-state index contributed by atoms with van der Waals surface area (Å²) in [5.74, 6) is -1.63. The zero-order valence-electron chi connectivity index (χ0n) is 19.1. The summed E-state index contributed by atoms with van der Waals surface area (Å²) in [7, 11) is 0. The highest BCUT2D eigenvalue weighted by molar-refractivity contribution is 6.22. The number of carbonyl (C=O) groups excluding carboxylic acids is 4. The maximum atomic E-state index is 13.2. The predicted octanol–water partition coefficient (Wildman–Crippen LogP) is 4.80. The van der Waals surface area contributed by atoms with E-state index in [-0.39, 0.29) is 47.5 Å². The summed E-state index contributed by atoms with van der Waals surface area (Å²) in [6.45, 7) is -0.361. The third-order valence-corrected chi connectivity index (χ3v) is 6.99. The zero-order valence-corrected chi connectivity index (χ0v) is 19.1. The van der Waals surface area contributed by atoms with E-state index in [4.69, 9.17) is 4.74 Å². The Morgan fingerprint density at radius 2 is 1.37 bits per heavy atom. The summed E-state index contributed by atoms with van der Waals surface area (Å²) in [4.78, 5) is 52.2. The monoisotopic (exact) mass is 467 g/mol. The molecule has 3 atom stereocenters. The molecule has 35 heavy (non-hydrogen) atoms. The molecule has 3 aromatic rings. The Morgan fingerprint density at radius 3 is 2.06 bits per heavy atom. The van der Waals surface area contributed by atoms with Crippen molar-refractivity contribution >= 4 is 29.3 Å². The molecule has 6 nitrogen and oxygen atoms in total. The van der Waals surface area contributed by atoms with E-state index in [1.54, 1.807) is 42.5 Å². The number of hydrogen-bond donors (Lipinski definition) is 0. The first-order chi connectivity index (χ1) is 17.0. The van der Waals surface area contributed by atoms with Crippen LogP contribution in [0.4, 0.5) is 5.69 Å². The van der Waals surface area contributed by atoms with Crippen molar-refractivity contribution in [3.8, 4) is 0 Å². The van der Waals surface area contributed by atoms with Crippen molar-refractivity contribution < 1.29 is 23.9 Å². The summed E-state index contributed by atoms with van der Waals surface area (Å²) in [6, 6.07) is 24.9. The van der Waals surface area contributed by atoms with Crippen LogP contribution >= 0.6 is 0 Å². The number of amides is 2. The van der Waals surface area contributed by atoms with Crippen LogP contribution in [0.1, 0.15) is 51.5 Å². The molecule has 1 aliphatic carbocycles. The number of ketones is 1. The third-order valence-electron chi connectivity index (χ3n) is 6.99. The van der Waals surface area contributed by atoms with Gasteiger partial charge in [-0.25, -0.2) is 4.79 Å². The van der Waals surface area contributed by atoms with Crippen molar-refractivity contribution in [2.24, 2.45) is 11.8 Å². The topological polar surface area (TPSA) is 80.8 Å². The van der Waals surface area contributed by atoms with Gasteiger partial charge in [0.25, 0.3) is 0 Å². The Morgan fingerprint density at radius 1 is 0.743 bits per heavy atom. The van der Waals surface area contributed by atoms with Gasteiger partial charge in [-0.1, -0.05) is 60.7 Å². The molecular weight excluding hydrogens is 442 g/mol. The van der Waals surface area contributed by atoms with Crippen molar-refractivity contribution in [3.63, 3.8) is 0 Å². The maximum absolute atomic E-state index is 13.2. The lowest BCUT2D eigenvalue weighted by Crippen LogP contribution is -2.30. The fourth-order valence-corrected chi connectivity index (χ4v) is 5.13. The highest BCUT2D eigenvalue weighted by Gasteiger charge is 2.50. The van der Waals surface area contributed by atoms with Gasteiger partial charge >= 0.3 is 5.97 Å². The molecule has 2 fully saturated rings. The first kappa shape index (κ1) is 22.7.